The van der Waals surface area contributed by atoms with Gasteiger partial charge in [0.15, 0.2) is 11.6 Å². The molecule has 1 aromatic heterocycles. The van der Waals surface area contributed by atoms with Gasteiger partial charge in [0.2, 0.25) is 5.91 Å². The van der Waals surface area contributed by atoms with Crippen molar-refractivity contribution in [3.8, 4) is 0 Å². The molecule has 1 aliphatic heterocycles. The number of pyridine rings is 1. The number of halogens is 5. The molecule has 4 nitrogen and oxygen atoms in total. The number of nitrogens with zero attached hydrogens (tertiary/aromatic N) is 3. The number of anilines is 1. The van der Waals surface area contributed by atoms with Crippen LogP contribution in [0.2, 0.25) is 0 Å². The fraction of sp³-hybridized carbons (Fsp3) is 0.368. The normalized spacial score (nSPS) is 15.3. The second-order valence-corrected chi connectivity index (χ2v) is 7.54. The molecule has 29 heavy (non-hydrogen) atoms. The highest BCUT2D eigenvalue weighted by Crippen LogP contribution is 2.29. The smallest absolute Gasteiger partial charge is 0.355 e. The van der Waals surface area contributed by atoms with Crippen LogP contribution in [0.4, 0.5) is 27.8 Å². The van der Waals surface area contributed by atoms with Gasteiger partial charge in [-0.1, -0.05) is 0 Å². The predicted molar refractivity (Wildman–Crippen MR) is 99.7 cm³/mol. The van der Waals surface area contributed by atoms with E-state index in [1.807, 2.05) is 4.90 Å². The molecule has 0 radical (unpaired) electrons. The topological polar surface area (TPSA) is 36.4 Å². The van der Waals surface area contributed by atoms with Crippen LogP contribution < -0.4 is 4.90 Å². The summed E-state index contributed by atoms with van der Waals surface area (Å²) in [4.78, 5) is 20.3. The van der Waals surface area contributed by atoms with Gasteiger partial charge in [0.1, 0.15) is 5.82 Å². The summed E-state index contributed by atoms with van der Waals surface area (Å²) in [5, 5.41) is 0. The number of benzene rings is 1. The number of aromatic nitrogens is 1. The zero-order chi connectivity index (χ0) is 21.0. The van der Waals surface area contributed by atoms with Crippen LogP contribution in [0.1, 0.15) is 12.0 Å². The summed E-state index contributed by atoms with van der Waals surface area (Å²) in [5.41, 5.74) is -0.804. The van der Waals surface area contributed by atoms with Crippen LogP contribution in [0.15, 0.2) is 41.4 Å². The molecule has 1 fully saturated rings. The zero-order valence-electron chi connectivity index (χ0n) is 15.3. The van der Waals surface area contributed by atoms with Gasteiger partial charge in [-0.25, -0.2) is 13.8 Å². The molecule has 0 N–H and O–H groups in total. The minimum absolute atomic E-state index is 0.0869. The summed E-state index contributed by atoms with van der Waals surface area (Å²) in [6, 6.07) is 5.81. The largest absolute Gasteiger partial charge is 0.417 e. The van der Waals surface area contributed by atoms with E-state index < -0.39 is 23.4 Å². The molecule has 1 aromatic carbocycles. The molecule has 0 saturated carbocycles. The Balaban J connectivity index is 1.54. The lowest BCUT2D eigenvalue weighted by atomic mass is 10.2. The van der Waals surface area contributed by atoms with Crippen molar-refractivity contribution in [2.24, 2.45) is 0 Å². The highest BCUT2D eigenvalue weighted by molar-refractivity contribution is 8.00. The second-order valence-electron chi connectivity index (χ2n) is 6.49. The summed E-state index contributed by atoms with van der Waals surface area (Å²) < 4.78 is 64.2. The van der Waals surface area contributed by atoms with Gasteiger partial charge in [-0.15, -0.1) is 11.8 Å². The van der Waals surface area contributed by atoms with Crippen LogP contribution in [-0.4, -0.2) is 47.7 Å². The molecule has 1 saturated heterocycles. The zero-order valence-corrected chi connectivity index (χ0v) is 16.1. The summed E-state index contributed by atoms with van der Waals surface area (Å²) in [5.74, 6) is -1.52. The van der Waals surface area contributed by atoms with Crippen molar-refractivity contribution in [3.63, 3.8) is 0 Å². The van der Waals surface area contributed by atoms with E-state index in [4.69, 9.17) is 0 Å². The molecule has 0 spiro atoms. The lowest BCUT2D eigenvalue weighted by Crippen LogP contribution is -2.36. The molecule has 1 aliphatic rings. The Kier molecular flexibility index (Phi) is 6.61. The lowest BCUT2D eigenvalue weighted by molar-refractivity contribution is -0.137. The molecule has 0 aliphatic carbocycles. The molecular weight excluding hydrogens is 413 g/mol. The molecule has 3 rings (SSSR count). The van der Waals surface area contributed by atoms with Crippen LogP contribution in [-0.2, 0) is 11.0 Å². The monoisotopic (exact) mass is 431 g/mol. The van der Waals surface area contributed by atoms with Gasteiger partial charge in [-0.05, 0) is 36.8 Å². The van der Waals surface area contributed by atoms with E-state index in [0.29, 0.717) is 43.3 Å². The first kappa shape index (κ1) is 21.4. The van der Waals surface area contributed by atoms with E-state index in [-0.39, 0.29) is 11.7 Å². The number of carbonyl (C=O) groups is 1. The summed E-state index contributed by atoms with van der Waals surface area (Å²) >= 11 is 1.12. The SMILES string of the molecule is O=C(CSc1ccc(F)c(F)c1)N1CCCN(c2ccc(C(F)(F)F)cn2)CC1. The first-order valence-corrected chi connectivity index (χ1v) is 9.86. The molecule has 2 heterocycles. The first-order chi connectivity index (χ1) is 13.7. The van der Waals surface area contributed by atoms with E-state index in [0.717, 1.165) is 36.2 Å². The quantitative estimate of drug-likeness (QED) is 0.537. The van der Waals surface area contributed by atoms with Gasteiger partial charge in [0.05, 0.1) is 11.3 Å². The van der Waals surface area contributed by atoms with E-state index in [1.165, 1.54) is 12.1 Å². The molecule has 2 aromatic rings. The van der Waals surface area contributed by atoms with Crippen molar-refractivity contribution < 1.29 is 26.7 Å². The maximum Gasteiger partial charge on any atom is 0.417 e. The second kappa shape index (κ2) is 8.98. The van der Waals surface area contributed by atoms with Crippen molar-refractivity contribution in [1.82, 2.24) is 9.88 Å². The van der Waals surface area contributed by atoms with Crippen molar-refractivity contribution in [2.75, 3.05) is 36.8 Å². The van der Waals surface area contributed by atoms with Gasteiger partial charge < -0.3 is 9.80 Å². The van der Waals surface area contributed by atoms with Crippen molar-refractivity contribution in [2.45, 2.75) is 17.5 Å². The number of alkyl halides is 3. The summed E-state index contributed by atoms with van der Waals surface area (Å²) in [6.45, 7) is 1.92. The van der Waals surface area contributed by atoms with Crippen molar-refractivity contribution >= 4 is 23.5 Å². The number of hydrogen-bond donors (Lipinski definition) is 0. The van der Waals surface area contributed by atoms with Crippen molar-refractivity contribution in [3.05, 3.63) is 53.7 Å². The molecular formula is C19H18F5N3OS. The number of rotatable bonds is 4. The maximum atomic E-state index is 13.2. The van der Waals surface area contributed by atoms with E-state index >= 15 is 0 Å². The number of amides is 1. The fourth-order valence-electron chi connectivity index (χ4n) is 2.94. The van der Waals surface area contributed by atoms with E-state index in [2.05, 4.69) is 4.98 Å². The third-order valence-electron chi connectivity index (χ3n) is 4.50. The molecule has 156 valence electrons. The Labute approximate surface area is 168 Å². The highest BCUT2D eigenvalue weighted by atomic mass is 32.2. The van der Waals surface area contributed by atoms with Crippen LogP contribution in [0.25, 0.3) is 0 Å². The lowest BCUT2D eigenvalue weighted by Gasteiger charge is -2.23. The fourth-order valence-corrected chi connectivity index (χ4v) is 3.76. The minimum atomic E-state index is -4.43. The number of carbonyl (C=O) groups excluding carboxylic acids is 1. The predicted octanol–water partition coefficient (Wildman–Crippen LogP) is 4.21. The molecule has 0 atom stereocenters. The van der Waals surface area contributed by atoms with Gasteiger partial charge in [0.25, 0.3) is 0 Å². The van der Waals surface area contributed by atoms with E-state index in [1.54, 1.807) is 4.90 Å². The van der Waals surface area contributed by atoms with Crippen molar-refractivity contribution in [1.29, 1.82) is 0 Å². The third kappa shape index (κ3) is 5.59. The molecule has 10 heteroatoms. The number of thioether (sulfide) groups is 1. The summed E-state index contributed by atoms with van der Waals surface area (Å²) in [7, 11) is 0. The Bertz CT molecular complexity index is 860. The Morgan fingerprint density at radius 2 is 1.83 bits per heavy atom. The Morgan fingerprint density at radius 1 is 1.03 bits per heavy atom. The average Bonchev–Trinajstić information content (AvgIpc) is 2.94. The molecule has 0 unspecified atom stereocenters. The van der Waals surface area contributed by atoms with Gasteiger partial charge in [-0.3, -0.25) is 4.79 Å². The maximum absolute atomic E-state index is 13.2. The Morgan fingerprint density at radius 3 is 2.48 bits per heavy atom. The standard InChI is InChI=1S/C19H18F5N3OS/c20-15-4-3-14(10-16(15)21)29-12-18(28)27-7-1-6-26(8-9-27)17-5-2-13(11-25-17)19(22,23)24/h2-5,10-11H,1,6-9,12H2. The van der Waals surface area contributed by atoms with Gasteiger partial charge in [-0.2, -0.15) is 13.2 Å². The first-order valence-electron chi connectivity index (χ1n) is 8.88. The number of hydrogen-bond acceptors (Lipinski definition) is 4. The third-order valence-corrected chi connectivity index (χ3v) is 5.48. The molecule has 0 bridgehead atoms. The Hall–Kier alpha value is -2.36. The summed E-state index contributed by atoms with van der Waals surface area (Å²) in [6.07, 6.45) is -2.98. The van der Waals surface area contributed by atoms with Crippen LogP contribution in [0, 0.1) is 11.6 Å². The minimum Gasteiger partial charge on any atom is -0.355 e. The highest BCUT2D eigenvalue weighted by Gasteiger charge is 2.31. The van der Waals surface area contributed by atoms with Crippen LogP contribution in [0.3, 0.4) is 0 Å². The van der Waals surface area contributed by atoms with E-state index in [9.17, 15) is 26.7 Å². The molecule has 1 amide bonds. The van der Waals surface area contributed by atoms with Gasteiger partial charge in [0, 0.05) is 37.3 Å². The van der Waals surface area contributed by atoms with Crippen LogP contribution >= 0.6 is 11.8 Å². The van der Waals surface area contributed by atoms with Crippen LogP contribution in [0.5, 0.6) is 0 Å². The van der Waals surface area contributed by atoms with Gasteiger partial charge >= 0.3 is 6.18 Å². The average molecular weight is 431 g/mol.